The highest BCUT2D eigenvalue weighted by atomic mass is 35.5. The van der Waals surface area contributed by atoms with E-state index in [1.807, 2.05) is 0 Å². The van der Waals surface area contributed by atoms with Crippen LogP contribution in [0.5, 0.6) is 0 Å². The lowest BCUT2D eigenvalue weighted by atomic mass is 10.1. The molecule has 1 aromatic carbocycles. The van der Waals surface area contributed by atoms with Crippen LogP contribution in [0.1, 0.15) is 5.56 Å². The molecular formula is C12H6ClF3N4. The molecule has 4 nitrogen and oxygen atoms in total. The SMILES string of the molecule is FC(F)(F)c1ccc(-c2nnc3cncc(Cl)n23)cc1. The van der Waals surface area contributed by atoms with E-state index in [9.17, 15) is 13.2 Å². The van der Waals surface area contributed by atoms with Crippen LogP contribution in [-0.4, -0.2) is 19.6 Å². The summed E-state index contributed by atoms with van der Waals surface area (Å²) in [5, 5.41) is 8.08. The molecule has 0 aliphatic carbocycles. The molecule has 0 saturated carbocycles. The summed E-state index contributed by atoms with van der Waals surface area (Å²) >= 11 is 6.00. The second-order valence-electron chi connectivity index (χ2n) is 4.02. The van der Waals surface area contributed by atoms with Crippen molar-refractivity contribution >= 4 is 17.2 Å². The molecule has 0 amide bonds. The Kier molecular flexibility index (Phi) is 2.86. The molecule has 0 aliphatic rings. The fourth-order valence-electron chi connectivity index (χ4n) is 1.81. The first-order chi connectivity index (χ1) is 9.47. The minimum Gasteiger partial charge on any atom is -0.262 e. The topological polar surface area (TPSA) is 43.1 Å². The fourth-order valence-corrected chi connectivity index (χ4v) is 2.03. The third kappa shape index (κ3) is 2.09. The molecule has 0 unspecified atom stereocenters. The van der Waals surface area contributed by atoms with Crippen LogP contribution in [0, 0.1) is 0 Å². The summed E-state index contributed by atoms with van der Waals surface area (Å²) in [5.74, 6) is 0.362. The monoisotopic (exact) mass is 298 g/mol. The molecule has 0 atom stereocenters. The number of rotatable bonds is 1. The summed E-state index contributed by atoms with van der Waals surface area (Å²) in [6.45, 7) is 0. The zero-order chi connectivity index (χ0) is 14.3. The number of aromatic nitrogens is 4. The number of halogens is 4. The molecule has 0 radical (unpaired) electrons. The van der Waals surface area contributed by atoms with Crippen molar-refractivity contribution in [1.29, 1.82) is 0 Å². The minimum atomic E-state index is -4.37. The summed E-state index contributed by atoms with van der Waals surface area (Å²) in [5.41, 5.74) is 0.189. The standard InChI is InChI=1S/C12H6ClF3N4/c13-9-5-17-6-10-18-19-11(20(9)10)7-1-3-8(4-2-7)12(14,15)16/h1-6H. The quantitative estimate of drug-likeness (QED) is 0.691. The van der Waals surface area contributed by atoms with E-state index in [2.05, 4.69) is 15.2 Å². The van der Waals surface area contributed by atoms with Gasteiger partial charge >= 0.3 is 6.18 Å². The first-order valence-electron chi connectivity index (χ1n) is 5.49. The predicted octanol–water partition coefficient (Wildman–Crippen LogP) is 3.46. The molecule has 0 spiro atoms. The van der Waals surface area contributed by atoms with Gasteiger partial charge in [0.25, 0.3) is 0 Å². The van der Waals surface area contributed by atoms with Crippen molar-refractivity contribution in [3.05, 3.63) is 47.4 Å². The molecule has 3 aromatic rings. The van der Waals surface area contributed by atoms with Crippen LogP contribution in [-0.2, 0) is 6.18 Å². The number of alkyl halides is 3. The smallest absolute Gasteiger partial charge is 0.262 e. The molecule has 0 fully saturated rings. The van der Waals surface area contributed by atoms with E-state index in [4.69, 9.17) is 11.6 Å². The number of nitrogens with zero attached hydrogens (tertiary/aromatic N) is 4. The first kappa shape index (κ1) is 12.9. The molecule has 0 aliphatic heterocycles. The van der Waals surface area contributed by atoms with Gasteiger partial charge in [-0.1, -0.05) is 23.7 Å². The van der Waals surface area contributed by atoms with Crippen molar-refractivity contribution in [3.8, 4) is 11.4 Å². The second-order valence-corrected chi connectivity index (χ2v) is 4.41. The lowest BCUT2D eigenvalue weighted by Crippen LogP contribution is -2.04. The molecule has 2 heterocycles. The third-order valence-corrected chi connectivity index (χ3v) is 3.01. The molecule has 102 valence electrons. The zero-order valence-corrected chi connectivity index (χ0v) is 10.5. The van der Waals surface area contributed by atoms with Crippen LogP contribution in [0.4, 0.5) is 13.2 Å². The lowest BCUT2D eigenvalue weighted by Gasteiger charge is -2.07. The zero-order valence-electron chi connectivity index (χ0n) is 9.76. The average molecular weight is 299 g/mol. The van der Waals surface area contributed by atoms with Gasteiger partial charge in [-0.05, 0) is 12.1 Å². The van der Waals surface area contributed by atoms with Gasteiger partial charge in [-0.15, -0.1) is 10.2 Å². The summed E-state index contributed by atoms with van der Waals surface area (Å²) in [4.78, 5) is 3.86. The molecule has 0 bridgehead atoms. The number of benzene rings is 1. The summed E-state index contributed by atoms with van der Waals surface area (Å²) in [6, 6.07) is 4.64. The minimum absolute atomic E-state index is 0.280. The normalized spacial score (nSPS) is 12.0. The van der Waals surface area contributed by atoms with Crippen LogP contribution >= 0.6 is 11.6 Å². The van der Waals surface area contributed by atoms with E-state index in [0.29, 0.717) is 17.0 Å². The lowest BCUT2D eigenvalue weighted by molar-refractivity contribution is -0.137. The van der Waals surface area contributed by atoms with Crippen molar-refractivity contribution in [2.45, 2.75) is 6.18 Å². The van der Waals surface area contributed by atoms with Gasteiger partial charge in [-0.25, -0.2) is 0 Å². The summed E-state index contributed by atoms with van der Waals surface area (Å²) < 4.78 is 39.1. The maximum absolute atomic E-state index is 12.5. The van der Waals surface area contributed by atoms with Crippen LogP contribution in [0.25, 0.3) is 17.0 Å². The highest BCUT2D eigenvalue weighted by Crippen LogP contribution is 2.31. The Morgan fingerprint density at radius 2 is 1.70 bits per heavy atom. The van der Waals surface area contributed by atoms with Crippen LogP contribution in [0.2, 0.25) is 5.15 Å². The van der Waals surface area contributed by atoms with E-state index in [-0.39, 0.29) is 5.15 Å². The van der Waals surface area contributed by atoms with Crippen molar-refractivity contribution in [2.75, 3.05) is 0 Å². The van der Waals surface area contributed by atoms with Gasteiger partial charge in [0, 0.05) is 5.56 Å². The Hall–Kier alpha value is -2.15. The molecule has 0 saturated heterocycles. The second kappa shape index (κ2) is 4.45. The van der Waals surface area contributed by atoms with E-state index >= 15 is 0 Å². The third-order valence-electron chi connectivity index (χ3n) is 2.74. The molecule has 3 rings (SSSR count). The predicted molar refractivity (Wildman–Crippen MR) is 66.2 cm³/mol. The molecule has 20 heavy (non-hydrogen) atoms. The van der Waals surface area contributed by atoms with Crippen molar-refractivity contribution in [3.63, 3.8) is 0 Å². The van der Waals surface area contributed by atoms with Gasteiger partial charge in [0.2, 0.25) is 0 Å². The maximum atomic E-state index is 12.5. The Bertz CT molecular complexity index is 764. The molecule has 0 N–H and O–H groups in total. The van der Waals surface area contributed by atoms with Crippen LogP contribution in [0.3, 0.4) is 0 Å². The van der Waals surface area contributed by atoms with Crippen LogP contribution in [0.15, 0.2) is 36.7 Å². The number of hydrogen-bond donors (Lipinski definition) is 0. The molecular weight excluding hydrogens is 293 g/mol. The molecule has 8 heteroatoms. The van der Waals surface area contributed by atoms with Gasteiger partial charge in [0.1, 0.15) is 5.15 Å². The Morgan fingerprint density at radius 1 is 1.00 bits per heavy atom. The number of fused-ring (bicyclic) bond motifs is 1. The van der Waals surface area contributed by atoms with Gasteiger partial charge in [-0.2, -0.15) is 13.2 Å². The Balaban J connectivity index is 2.12. The van der Waals surface area contributed by atoms with E-state index in [1.165, 1.54) is 28.9 Å². The summed E-state index contributed by atoms with van der Waals surface area (Å²) in [7, 11) is 0. The van der Waals surface area contributed by atoms with Gasteiger partial charge in [-0.3, -0.25) is 9.38 Å². The Labute approximate surface area is 115 Å². The van der Waals surface area contributed by atoms with E-state index in [0.717, 1.165) is 12.1 Å². The fraction of sp³-hybridized carbons (Fsp3) is 0.0833. The average Bonchev–Trinajstić information content (AvgIpc) is 2.83. The van der Waals surface area contributed by atoms with E-state index in [1.54, 1.807) is 0 Å². The van der Waals surface area contributed by atoms with E-state index < -0.39 is 11.7 Å². The highest BCUT2D eigenvalue weighted by molar-refractivity contribution is 6.29. The van der Waals surface area contributed by atoms with Gasteiger partial charge in [0.15, 0.2) is 11.5 Å². The highest BCUT2D eigenvalue weighted by Gasteiger charge is 2.30. The Morgan fingerprint density at radius 3 is 2.35 bits per heavy atom. The van der Waals surface area contributed by atoms with Crippen LogP contribution < -0.4 is 0 Å². The van der Waals surface area contributed by atoms with Crippen molar-refractivity contribution in [2.24, 2.45) is 0 Å². The first-order valence-corrected chi connectivity index (χ1v) is 5.87. The largest absolute Gasteiger partial charge is 0.416 e. The number of hydrogen-bond acceptors (Lipinski definition) is 3. The van der Waals surface area contributed by atoms with Crippen molar-refractivity contribution < 1.29 is 13.2 Å². The van der Waals surface area contributed by atoms with Gasteiger partial charge in [0.05, 0.1) is 18.0 Å². The van der Waals surface area contributed by atoms with Crippen molar-refractivity contribution in [1.82, 2.24) is 19.6 Å². The van der Waals surface area contributed by atoms with Gasteiger partial charge < -0.3 is 0 Å². The molecule has 2 aromatic heterocycles. The summed E-state index contributed by atoms with van der Waals surface area (Å²) in [6.07, 6.45) is -1.50. The maximum Gasteiger partial charge on any atom is 0.416 e.